The molecule has 0 atom stereocenters. The number of anilines is 2. The summed E-state index contributed by atoms with van der Waals surface area (Å²) in [7, 11) is 0. The monoisotopic (exact) mass is 403 g/mol. The molecule has 0 unspecified atom stereocenters. The highest BCUT2D eigenvalue weighted by atomic mass is 19.1. The number of carbonyl (C=O) groups is 2. The van der Waals surface area contributed by atoms with Gasteiger partial charge in [-0.05, 0) is 60.5 Å². The third kappa shape index (κ3) is 4.49. The summed E-state index contributed by atoms with van der Waals surface area (Å²) in [6.07, 6.45) is 0.847. The maximum Gasteiger partial charge on any atom is 0.324 e. The Morgan fingerprint density at radius 2 is 1.60 bits per heavy atom. The molecule has 30 heavy (non-hydrogen) atoms. The summed E-state index contributed by atoms with van der Waals surface area (Å²) in [6, 6.07) is 22.4. The van der Waals surface area contributed by atoms with Crippen molar-refractivity contribution in [3.63, 3.8) is 0 Å². The van der Waals surface area contributed by atoms with Crippen LogP contribution in [0.25, 0.3) is 0 Å². The molecule has 1 N–H and O–H groups in total. The number of carbonyl (C=O) groups excluding carboxylic acids is 2. The molecule has 3 aromatic rings. The van der Waals surface area contributed by atoms with E-state index < -0.39 is 0 Å². The molecule has 1 saturated heterocycles. The van der Waals surface area contributed by atoms with E-state index in [1.165, 1.54) is 12.1 Å². The van der Waals surface area contributed by atoms with Gasteiger partial charge in [-0.15, -0.1) is 0 Å². The molecular weight excluding hydrogens is 381 g/mol. The first-order valence-corrected chi connectivity index (χ1v) is 9.87. The van der Waals surface area contributed by atoms with Gasteiger partial charge in [0.2, 0.25) is 0 Å². The van der Waals surface area contributed by atoms with Crippen molar-refractivity contribution in [2.45, 2.75) is 13.0 Å². The molecule has 0 bridgehead atoms. The van der Waals surface area contributed by atoms with Crippen LogP contribution in [0.5, 0.6) is 0 Å². The number of amides is 3. The third-order valence-corrected chi connectivity index (χ3v) is 5.07. The Labute approximate surface area is 174 Å². The molecule has 3 amide bonds. The molecule has 5 nitrogen and oxygen atoms in total. The molecule has 3 aromatic carbocycles. The number of nitrogens with zero attached hydrogens (tertiary/aromatic N) is 2. The van der Waals surface area contributed by atoms with Gasteiger partial charge in [0.05, 0.1) is 0 Å². The van der Waals surface area contributed by atoms with Gasteiger partial charge in [0, 0.05) is 36.6 Å². The molecule has 152 valence electrons. The minimum absolute atomic E-state index is 0.0772. The highest BCUT2D eigenvalue weighted by Gasteiger charge is 2.26. The average Bonchev–Trinajstić information content (AvgIpc) is 2.78. The van der Waals surface area contributed by atoms with Gasteiger partial charge in [-0.25, -0.2) is 9.18 Å². The third-order valence-electron chi connectivity index (χ3n) is 5.07. The van der Waals surface area contributed by atoms with Crippen LogP contribution in [-0.4, -0.2) is 29.9 Å². The van der Waals surface area contributed by atoms with Gasteiger partial charge in [-0.1, -0.05) is 30.3 Å². The second-order valence-corrected chi connectivity index (χ2v) is 7.20. The summed E-state index contributed by atoms with van der Waals surface area (Å²) < 4.78 is 13.1. The predicted octanol–water partition coefficient (Wildman–Crippen LogP) is 4.91. The lowest BCUT2D eigenvalue weighted by Crippen LogP contribution is -2.49. The second-order valence-electron chi connectivity index (χ2n) is 7.20. The molecule has 0 spiro atoms. The molecule has 0 aliphatic carbocycles. The fourth-order valence-corrected chi connectivity index (χ4v) is 3.50. The van der Waals surface area contributed by atoms with Crippen molar-refractivity contribution < 1.29 is 14.0 Å². The summed E-state index contributed by atoms with van der Waals surface area (Å²) in [6.45, 7) is 1.74. The van der Waals surface area contributed by atoms with Gasteiger partial charge < -0.3 is 10.2 Å². The van der Waals surface area contributed by atoms with Crippen LogP contribution in [0.3, 0.4) is 0 Å². The quantitative estimate of drug-likeness (QED) is 0.658. The predicted molar refractivity (Wildman–Crippen MR) is 115 cm³/mol. The van der Waals surface area contributed by atoms with E-state index in [0.717, 1.165) is 17.7 Å². The Hall–Kier alpha value is -3.67. The minimum atomic E-state index is -0.287. The molecule has 6 heteroatoms. The SMILES string of the molecule is O=C(Nc1ccc(N2CCCN(Cc3ccc(F)cc3)C2=O)cc1)c1ccccc1. The standard InChI is InChI=1S/C24H22FN3O2/c25-20-9-7-18(8-10-20)17-27-15-4-16-28(24(27)30)22-13-11-21(12-14-22)26-23(29)19-5-2-1-3-6-19/h1-3,5-14H,4,15-17H2,(H,26,29). The number of nitrogens with one attached hydrogen (secondary N) is 1. The van der Waals surface area contributed by atoms with E-state index in [1.807, 2.05) is 30.3 Å². The van der Waals surface area contributed by atoms with Crippen LogP contribution in [0.2, 0.25) is 0 Å². The fourth-order valence-electron chi connectivity index (χ4n) is 3.50. The summed E-state index contributed by atoms with van der Waals surface area (Å²) in [5, 5.41) is 2.86. The van der Waals surface area contributed by atoms with E-state index in [9.17, 15) is 14.0 Å². The second kappa shape index (κ2) is 8.78. The van der Waals surface area contributed by atoms with Crippen LogP contribution in [0.15, 0.2) is 78.9 Å². The zero-order valence-electron chi connectivity index (χ0n) is 16.4. The summed E-state index contributed by atoms with van der Waals surface area (Å²) in [4.78, 5) is 28.7. The molecule has 1 aliphatic heterocycles. The van der Waals surface area contributed by atoms with Gasteiger partial charge in [-0.3, -0.25) is 9.69 Å². The lowest BCUT2D eigenvalue weighted by molar-refractivity contribution is 0.102. The van der Waals surface area contributed by atoms with E-state index in [4.69, 9.17) is 0 Å². The smallest absolute Gasteiger partial charge is 0.322 e. The van der Waals surface area contributed by atoms with Crippen LogP contribution in [0.1, 0.15) is 22.3 Å². The van der Waals surface area contributed by atoms with Crippen molar-refractivity contribution in [3.05, 3.63) is 95.8 Å². The molecule has 4 rings (SSSR count). The maximum absolute atomic E-state index is 13.1. The van der Waals surface area contributed by atoms with Gasteiger partial charge in [0.15, 0.2) is 0 Å². The van der Waals surface area contributed by atoms with Gasteiger partial charge in [0.25, 0.3) is 5.91 Å². The van der Waals surface area contributed by atoms with Gasteiger partial charge in [-0.2, -0.15) is 0 Å². The van der Waals surface area contributed by atoms with Crippen LogP contribution in [0, 0.1) is 5.82 Å². The van der Waals surface area contributed by atoms with Crippen LogP contribution in [0.4, 0.5) is 20.6 Å². The molecule has 1 aliphatic rings. The van der Waals surface area contributed by atoms with Crippen LogP contribution >= 0.6 is 0 Å². The first kappa shape index (κ1) is 19.6. The Morgan fingerprint density at radius 1 is 0.900 bits per heavy atom. The fraction of sp³-hybridized carbons (Fsp3) is 0.167. The Balaban J connectivity index is 1.42. The Kier molecular flexibility index (Phi) is 5.75. The first-order chi connectivity index (χ1) is 14.6. The summed E-state index contributed by atoms with van der Waals surface area (Å²) in [5.41, 5.74) is 2.93. The molecule has 0 saturated carbocycles. The largest absolute Gasteiger partial charge is 0.324 e. The lowest BCUT2D eigenvalue weighted by Gasteiger charge is -2.35. The van der Waals surface area contributed by atoms with E-state index in [-0.39, 0.29) is 17.8 Å². The van der Waals surface area contributed by atoms with E-state index in [2.05, 4.69) is 5.32 Å². The molecule has 1 heterocycles. The van der Waals surface area contributed by atoms with E-state index in [1.54, 1.807) is 46.2 Å². The molecular formula is C24H22FN3O2. The molecule has 0 radical (unpaired) electrons. The minimum Gasteiger partial charge on any atom is -0.322 e. The van der Waals surface area contributed by atoms with Crippen LogP contribution in [-0.2, 0) is 6.54 Å². The number of hydrogen-bond acceptors (Lipinski definition) is 2. The van der Waals surface area contributed by atoms with Crippen molar-refractivity contribution in [1.29, 1.82) is 0 Å². The topological polar surface area (TPSA) is 52.7 Å². The lowest BCUT2D eigenvalue weighted by atomic mass is 10.1. The highest BCUT2D eigenvalue weighted by Crippen LogP contribution is 2.23. The zero-order valence-corrected chi connectivity index (χ0v) is 16.4. The van der Waals surface area contributed by atoms with Crippen molar-refractivity contribution in [2.75, 3.05) is 23.3 Å². The van der Waals surface area contributed by atoms with E-state index in [0.29, 0.717) is 30.9 Å². The summed E-state index contributed by atoms with van der Waals surface area (Å²) in [5.74, 6) is -0.465. The summed E-state index contributed by atoms with van der Waals surface area (Å²) >= 11 is 0. The highest BCUT2D eigenvalue weighted by molar-refractivity contribution is 6.04. The molecule has 1 fully saturated rings. The normalized spacial score (nSPS) is 14.0. The number of halogens is 1. The molecule has 0 aromatic heterocycles. The Morgan fingerprint density at radius 3 is 2.30 bits per heavy atom. The number of hydrogen-bond donors (Lipinski definition) is 1. The number of rotatable bonds is 5. The van der Waals surface area contributed by atoms with Crippen molar-refractivity contribution in [2.24, 2.45) is 0 Å². The number of benzene rings is 3. The van der Waals surface area contributed by atoms with Crippen LogP contribution < -0.4 is 10.2 Å². The average molecular weight is 403 g/mol. The van der Waals surface area contributed by atoms with Crippen molar-refractivity contribution >= 4 is 23.3 Å². The van der Waals surface area contributed by atoms with Gasteiger partial charge >= 0.3 is 6.03 Å². The maximum atomic E-state index is 13.1. The van der Waals surface area contributed by atoms with E-state index >= 15 is 0 Å². The Bertz CT molecular complexity index is 1020. The van der Waals surface area contributed by atoms with Gasteiger partial charge in [0.1, 0.15) is 5.82 Å². The van der Waals surface area contributed by atoms with Crippen molar-refractivity contribution in [1.82, 2.24) is 4.90 Å². The first-order valence-electron chi connectivity index (χ1n) is 9.87. The van der Waals surface area contributed by atoms with Crippen molar-refractivity contribution in [3.8, 4) is 0 Å². The zero-order chi connectivity index (χ0) is 20.9. The number of urea groups is 1.